The van der Waals surface area contributed by atoms with E-state index in [0.29, 0.717) is 22.9 Å². The van der Waals surface area contributed by atoms with E-state index in [1.807, 2.05) is 6.92 Å². The number of nitrogens with one attached hydrogen (secondary N) is 1. The predicted octanol–water partition coefficient (Wildman–Crippen LogP) is 4.97. The molecule has 0 aliphatic rings. The molecule has 2 rings (SSSR count). The summed E-state index contributed by atoms with van der Waals surface area (Å²) in [6, 6.07) is 10.3. The van der Waals surface area contributed by atoms with Crippen molar-refractivity contribution >= 4 is 35.0 Å². The molecule has 2 aromatic rings. The van der Waals surface area contributed by atoms with Crippen LogP contribution in [0.5, 0.6) is 0 Å². The van der Waals surface area contributed by atoms with Gasteiger partial charge >= 0.3 is 0 Å². The molecule has 0 aliphatic heterocycles. The van der Waals surface area contributed by atoms with Crippen LogP contribution in [0.2, 0.25) is 10.0 Å². The molecule has 0 heterocycles. The van der Waals surface area contributed by atoms with Crippen LogP contribution in [-0.2, 0) is 22.7 Å². The van der Waals surface area contributed by atoms with Gasteiger partial charge in [0.25, 0.3) is 0 Å². The van der Waals surface area contributed by atoms with E-state index in [4.69, 9.17) is 23.2 Å². The molecule has 0 saturated carbocycles. The zero-order valence-corrected chi connectivity index (χ0v) is 17.4. The Morgan fingerprint density at radius 3 is 2.43 bits per heavy atom. The lowest BCUT2D eigenvalue weighted by Gasteiger charge is -2.29. The molecule has 4 nitrogen and oxygen atoms in total. The van der Waals surface area contributed by atoms with E-state index in [9.17, 15) is 14.0 Å². The SMILES string of the molecule is CCCC(=O)N(Cc1ccc(F)cc1)[C@@H](C)C(=O)NCc1ccc(Cl)cc1Cl. The number of carbonyl (C=O) groups excluding carboxylic acids is 2. The zero-order chi connectivity index (χ0) is 20.7. The first kappa shape index (κ1) is 22.2. The van der Waals surface area contributed by atoms with Crippen molar-refractivity contribution in [3.8, 4) is 0 Å². The molecule has 1 atom stereocenters. The van der Waals surface area contributed by atoms with Gasteiger partial charge in [-0.1, -0.05) is 48.3 Å². The quantitative estimate of drug-likeness (QED) is 0.650. The Labute approximate surface area is 174 Å². The van der Waals surface area contributed by atoms with Crippen LogP contribution in [0.3, 0.4) is 0 Å². The minimum absolute atomic E-state index is 0.126. The summed E-state index contributed by atoms with van der Waals surface area (Å²) in [6.45, 7) is 4.04. The Hall–Kier alpha value is -2.11. The topological polar surface area (TPSA) is 49.4 Å². The second kappa shape index (κ2) is 10.4. The number of carbonyl (C=O) groups is 2. The highest BCUT2D eigenvalue weighted by molar-refractivity contribution is 6.35. The van der Waals surface area contributed by atoms with E-state index in [1.54, 1.807) is 37.3 Å². The van der Waals surface area contributed by atoms with Crippen molar-refractivity contribution in [2.24, 2.45) is 0 Å². The summed E-state index contributed by atoms with van der Waals surface area (Å²) in [6.07, 6.45) is 1.01. The predicted molar refractivity (Wildman–Crippen MR) is 110 cm³/mol. The summed E-state index contributed by atoms with van der Waals surface area (Å²) in [5.74, 6) is -0.766. The third-order valence-corrected chi connectivity index (χ3v) is 4.95. The van der Waals surface area contributed by atoms with Crippen LogP contribution in [0.15, 0.2) is 42.5 Å². The summed E-state index contributed by atoms with van der Waals surface area (Å²) in [4.78, 5) is 26.7. The standard InChI is InChI=1S/C21H23Cl2FN2O2/c1-3-4-20(27)26(13-15-5-9-18(24)10-6-15)14(2)21(28)25-12-16-7-8-17(22)11-19(16)23/h5-11,14H,3-4,12-13H2,1-2H3,(H,25,28)/t14-/m0/s1. The molecule has 0 fully saturated rings. The highest BCUT2D eigenvalue weighted by Crippen LogP contribution is 2.21. The Bertz CT molecular complexity index is 828. The molecule has 0 aliphatic carbocycles. The van der Waals surface area contributed by atoms with Crippen molar-refractivity contribution in [3.63, 3.8) is 0 Å². The van der Waals surface area contributed by atoms with E-state index < -0.39 is 6.04 Å². The van der Waals surface area contributed by atoms with Gasteiger partial charge in [-0.25, -0.2) is 4.39 Å². The van der Waals surface area contributed by atoms with Gasteiger partial charge in [0.1, 0.15) is 11.9 Å². The molecular weight excluding hydrogens is 402 g/mol. The summed E-state index contributed by atoms with van der Waals surface area (Å²) in [7, 11) is 0. The molecule has 0 bridgehead atoms. The van der Waals surface area contributed by atoms with Crippen molar-refractivity contribution in [2.75, 3.05) is 0 Å². The third-order valence-electron chi connectivity index (χ3n) is 4.37. The first-order valence-electron chi connectivity index (χ1n) is 9.07. The van der Waals surface area contributed by atoms with E-state index in [0.717, 1.165) is 11.1 Å². The summed E-state index contributed by atoms with van der Waals surface area (Å²) in [5.41, 5.74) is 1.49. The monoisotopic (exact) mass is 424 g/mol. The maximum atomic E-state index is 13.1. The van der Waals surface area contributed by atoms with Gasteiger partial charge in [0.15, 0.2) is 0 Å². The molecule has 7 heteroatoms. The number of hydrogen-bond acceptors (Lipinski definition) is 2. The molecule has 0 spiro atoms. The van der Waals surface area contributed by atoms with E-state index in [2.05, 4.69) is 5.32 Å². The normalized spacial score (nSPS) is 11.8. The van der Waals surface area contributed by atoms with Gasteiger partial charge in [-0.15, -0.1) is 0 Å². The van der Waals surface area contributed by atoms with Gasteiger partial charge < -0.3 is 10.2 Å². The average molecular weight is 425 g/mol. The molecular formula is C21H23Cl2FN2O2. The second-order valence-electron chi connectivity index (χ2n) is 6.53. The molecule has 150 valence electrons. The van der Waals surface area contributed by atoms with Gasteiger partial charge in [0.2, 0.25) is 11.8 Å². The molecule has 2 aromatic carbocycles. The number of rotatable bonds is 8. The van der Waals surface area contributed by atoms with Crippen LogP contribution >= 0.6 is 23.2 Å². The van der Waals surface area contributed by atoms with Gasteiger partial charge in [0, 0.05) is 29.6 Å². The maximum absolute atomic E-state index is 13.1. The zero-order valence-electron chi connectivity index (χ0n) is 15.8. The van der Waals surface area contributed by atoms with Crippen molar-refractivity contribution in [2.45, 2.75) is 45.8 Å². The molecule has 0 radical (unpaired) electrons. The minimum atomic E-state index is -0.685. The molecule has 2 amide bonds. The van der Waals surface area contributed by atoms with Crippen LogP contribution in [0.1, 0.15) is 37.8 Å². The number of benzene rings is 2. The van der Waals surface area contributed by atoms with Gasteiger partial charge in [0.05, 0.1) is 0 Å². The average Bonchev–Trinajstić information content (AvgIpc) is 2.66. The highest BCUT2D eigenvalue weighted by Gasteiger charge is 2.25. The van der Waals surface area contributed by atoms with Crippen molar-refractivity contribution in [3.05, 3.63) is 69.5 Å². The van der Waals surface area contributed by atoms with Crippen molar-refractivity contribution < 1.29 is 14.0 Å². The van der Waals surface area contributed by atoms with Crippen LogP contribution in [0.25, 0.3) is 0 Å². The highest BCUT2D eigenvalue weighted by atomic mass is 35.5. The first-order valence-corrected chi connectivity index (χ1v) is 9.83. The summed E-state index contributed by atoms with van der Waals surface area (Å²) in [5, 5.41) is 3.79. The summed E-state index contributed by atoms with van der Waals surface area (Å²) >= 11 is 12.0. The fraction of sp³-hybridized carbons (Fsp3) is 0.333. The fourth-order valence-electron chi connectivity index (χ4n) is 2.72. The molecule has 0 aromatic heterocycles. The van der Waals surface area contributed by atoms with Gasteiger partial charge in [-0.2, -0.15) is 0 Å². The number of hydrogen-bond donors (Lipinski definition) is 1. The Morgan fingerprint density at radius 2 is 1.82 bits per heavy atom. The van der Waals surface area contributed by atoms with Crippen molar-refractivity contribution in [1.82, 2.24) is 10.2 Å². The van der Waals surface area contributed by atoms with Crippen LogP contribution in [-0.4, -0.2) is 22.8 Å². The van der Waals surface area contributed by atoms with Crippen LogP contribution in [0, 0.1) is 5.82 Å². The van der Waals surface area contributed by atoms with E-state index in [1.165, 1.54) is 17.0 Å². The first-order chi connectivity index (χ1) is 13.3. The lowest BCUT2D eigenvalue weighted by Crippen LogP contribution is -2.47. The minimum Gasteiger partial charge on any atom is -0.350 e. The fourth-order valence-corrected chi connectivity index (χ4v) is 3.20. The number of nitrogens with zero attached hydrogens (tertiary/aromatic N) is 1. The number of amides is 2. The molecule has 28 heavy (non-hydrogen) atoms. The van der Waals surface area contributed by atoms with Gasteiger partial charge in [-0.05, 0) is 48.7 Å². The second-order valence-corrected chi connectivity index (χ2v) is 7.37. The van der Waals surface area contributed by atoms with Crippen LogP contribution < -0.4 is 5.32 Å². The van der Waals surface area contributed by atoms with E-state index >= 15 is 0 Å². The Kier molecular flexibility index (Phi) is 8.27. The summed E-state index contributed by atoms with van der Waals surface area (Å²) < 4.78 is 13.1. The van der Waals surface area contributed by atoms with E-state index in [-0.39, 0.29) is 30.7 Å². The van der Waals surface area contributed by atoms with Crippen LogP contribution in [0.4, 0.5) is 4.39 Å². The lowest BCUT2D eigenvalue weighted by atomic mass is 10.1. The number of halogens is 3. The Balaban J connectivity index is 2.08. The molecule has 0 saturated heterocycles. The Morgan fingerprint density at radius 1 is 1.14 bits per heavy atom. The maximum Gasteiger partial charge on any atom is 0.242 e. The molecule has 0 unspecified atom stereocenters. The van der Waals surface area contributed by atoms with Gasteiger partial charge in [-0.3, -0.25) is 9.59 Å². The lowest BCUT2D eigenvalue weighted by molar-refractivity contribution is -0.140. The smallest absolute Gasteiger partial charge is 0.242 e. The third kappa shape index (κ3) is 6.21. The molecule has 1 N–H and O–H groups in total. The van der Waals surface area contributed by atoms with Crippen molar-refractivity contribution in [1.29, 1.82) is 0 Å². The largest absolute Gasteiger partial charge is 0.350 e.